The number of benzene rings is 1. The molecular formula is C28H48N2S. The van der Waals surface area contributed by atoms with E-state index in [1.54, 1.807) is 0 Å². The molecule has 1 N–H and O–H groups in total. The molecule has 0 aliphatic carbocycles. The molecule has 176 valence electrons. The number of aryl methyl sites for hydroxylation is 1. The molecule has 0 aliphatic rings. The highest BCUT2D eigenvalue weighted by atomic mass is 32.2. The van der Waals surface area contributed by atoms with Crippen molar-refractivity contribution in [3.63, 3.8) is 0 Å². The van der Waals surface area contributed by atoms with Crippen LogP contribution in [-0.2, 0) is 6.42 Å². The number of hydrogen-bond donors (Lipinski definition) is 1. The molecular weight excluding hydrogens is 396 g/mol. The van der Waals surface area contributed by atoms with Gasteiger partial charge in [-0.1, -0.05) is 122 Å². The molecule has 0 saturated carbocycles. The van der Waals surface area contributed by atoms with Gasteiger partial charge in [-0.3, -0.25) is 0 Å². The van der Waals surface area contributed by atoms with E-state index < -0.39 is 0 Å². The largest absolute Gasteiger partial charge is 0.342 e. The molecule has 1 heterocycles. The number of para-hydroxylation sites is 2. The van der Waals surface area contributed by atoms with Crippen LogP contribution in [0.2, 0.25) is 0 Å². The molecule has 0 bridgehead atoms. The van der Waals surface area contributed by atoms with Gasteiger partial charge in [-0.15, -0.1) is 0 Å². The molecule has 0 fully saturated rings. The molecule has 3 heteroatoms. The number of rotatable bonds is 21. The minimum Gasteiger partial charge on any atom is -0.342 e. The van der Waals surface area contributed by atoms with Crippen molar-refractivity contribution in [3.05, 3.63) is 30.1 Å². The SMILES string of the molecule is CCCCCCCCCCCCCCCCCCCSCCc1nc2ccccc2[nH]1. The van der Waals surface area contributed by atoms with Gasteiger partial charge in [0, 0.05) is 12.2 Å². The first kappa shape index (κ1) is 26.3. The lowest BCUT2D eigenvalue weighted by Crippen LogP contribution is -1.92. The molecule has 2 nitrogen and oxygen atoms in total. The highest BCUT2D eigenvalue weighted by molar-refractivity contribution is 7.99. The number of imidazole rings is 1. The minimum absolute atomic E-state index is 1.05. The third kappa shape index (κ3) is 13.2. The minimum atomic E-state index is 1.05. The lowest BCUT2D eigenvalue weighted by Gasteiger charge is -2.04. The monoisotopic (exact) mass is 444 g/mol. The molecule has 0 unspecified atom stereocenters. The van der Waals surface area contributed by atoms with E-state index in [2.05, 4.69) is 52.9 Å². The van der Waals surface area contributed by atoms with Gasteiger partial charge in [0.25, 0.3) is 0 Å². The van der Waals surface area contributed by atoms with Gasteiger partial charge in [0.05, 0.1) is 11.0 Å². The average molecular weight is 445 g/mol. The van der Waals surface area contributed by atoms with E-state index in [0.29, 0.717) is 0 Å². The van der Waals surface area contributed by atoms with Crippen molar-refractivity contribution in [2.45, 2.75) is 122 Å². The first-order valence-electron chi connectivity index (χ1n) is 13.4. The summed E-state index contributed by atoms with van der Waals surface area (Å²) in [5.74, 6) is 3.62. The van der Waals surface area contributed by atoms with Crippen LogP contribution in [0, 0.1) is 0 Å². The van der Waals surface area contributed by atoms with Gasteiger partial charge in [0.15, 0.2) is 0 Å². The van der Waals surface area contributed by atoms with E-state index in [1.165, 1.54) is 121 Å². The predicted octanol–water partition coefficient (Wildman–Crippen LogP) is 9.49. The molecule has 31 heavy (non-hydrogen) atoms. The number of hydrogen-bond acceptors (Lipinski definition) is 2. The normalized spacial score (nSPS) is 11.5. The summed E-state index contributed by atoms with van der Waals surface area (Å²) in [5.41, 5.74) is 2.26. The van der Waals surface area contributed by atoms with Crippen molar-refractivity contribution in [2.24, 2.45) is 0 Å². The van der Waals surface area contributed by atoms with Crippen LogP contribution in [0.5, 0.6) is 0 Å². The fourth-order valence-electron chi connectivity index (χ4n) is 4.32. The van der Waals surface area contributed by atoms with E-state index in [0.717, 1.165) is 23.3 Å². The highest BCUT2D eigenvalue weighted by Gasteiger charge is 2.01. The number of aromatic amines is 1. The Morgan fingerprint density at radius 1 is 0.645 bits per heavy atom. The maximum atomic E-state index is 4.66. The Hall–Kier alpha value is -0.960. The summed E-state index contributed by atoms with van der Waals surface area (Å²) < 4.78 is 0. The Labute approximate surface area is 196 Å². The van der Waals surface area contributed by atoms with Crippen LogP contribution in [0.3, 0.4) is 0 Å². The van der Waals surface area contributed by atoms with Crippen LogP contribution in [0.25, 0.3) is 11.0 Å². The van der Waals surface area contributed by atoms with Gasteiger partial charge >= 0.3 is 0 Å². The second kappa shape index (κ2) is 18.6. The molecule has 0 saturated heterocycles. The van der Waals surface area contributed by atoms with E-state index >= 15 is 0 Å². The van der Waals surface area contributed by atoms with Crippen LogP contribution in [0.15, 0.2) is 24.3 Å². The summed E-state index contributed by atoms with van der Waals surface area (Å²) in [4.78, 5) is 8.10. The molecule has 1 aromatic heterocycles. The summed E-state index contributed by atoms with van der Waals surface area (Å²) in [7, 11) is 0. The van der Waals surface area contributed by atoms with Gasteiger partial charge in [-0.2, -0.15) is 11.8 Å². The van der Waals surface area contributed by atoms with Crippen molar-refractivity contribution < 1.29 is 0 Å². The lowest BCUT2D eigenvalue weighted by molar-refractivity contribution is 0.529. The summed E-state index contributed by atoms with van der Waals surface area (Å²) in [6, 6.07) is 8.31. The quantitative estimate of drug-likeness (QED) is 0.194. The Balaban J connectivity index is 1.26. The molecule has 0 spiro atoms. The number of H-pyrrole nitrogens is 1. The van der Waals surface area contributed by atoms with Crippen molar-refractivity contribution in [1.29, 1.82) is 0 Å². The molecule has 2 rings (SSSR count). The lowest BCUT2D eigenvalue weighted by atomic mass is 10.0. The Bertz CT molecular complexity index is 618. The average Bonchev–Trinajstić information content (AvgIpc) is 3.20. The number of thioether (sulfide) groups is 1. The zero-order valence-corrected chi connectivity index (χ0v) is 21.1. The maximum absolute atomic E-state index is 4.66. The van der Waals surface area contributed by atoms with Crippen LogP contribution in [0.4, 0.5) is 0 Å². The summed E-state index contributed by atoms with van der Waals surface area (Å²) >= 11 is 2.09. The van der Waals surface area contributed by atoms with Gasteiger partial charge in [0.1, 0.15) is 5.82 Å². The maximum Gasteiger partial charge on any atom is 0.108 e. The Morgan fingerprint density at radius 3 is 1.71 bits per heavy atom. The van der Waals surface area contributed by atoms with E-state index in [-0.39, 0.29) is 0 Å². The predicted molar refractivity (Wildman–Crippen MR) is 141 cm³/mol. The smallest absolute Gasteiger partial charge is 0.108 e. The second-order valence-corrected chi connectivity index (χ2v) is 10.4. The number of fused-ring (bicyclic) bond motifs is 1. The summed E-state index contributed by atoms with van der Waals surface area (Å²) in [6.45, 7) is 2.30. The van der Waals surface area contributed by atoms with Crippen LogP contribution in [0.1, 0.15) is 122 Å². The molecule has 2 aromatic rings. The number of unbranched alkanes of at least 4 members (excludes halogenated alkanes) is 16. The third-order valence-electron chi connectivity index (χ3n) is 6.31. The van der Waals surface area contributed by atoms with Crippen LogP contribution in [-0.4, -0.2) is 21.5 Å². The highest BCUT2D eigenvalue weighted by Crippen LogP contribution is 2.16. The van der Waals surface area contributed by atoms with Crippen molar-refractivity contribution in [1.82, 2.24) is 9.97 Å². The topological polar surface area (TPSA) is 28.7 Å². The van der Waals surface area contributed by atoms with Crippen molar-refractivity contribution in [2.75, 3.05) is 11.5 Å². The molecule has 1 aromatic carbocycles. The fraction of sp³-hybridized carbons (Fsp3) is 0.750. The molecule has 0 aliphatic heterocycles. The van der Waals surface area contributed by atoms with E-state index in [1.807, 2.05) is 0 Å². The zero-order chi connectivity index (χ0) is 21.8. The molecule has 0 radical (unpaired) electrons. The number of aromatic nitrogens is 2. The molecule has 0 atom stereocenters. The first-order chi connectivity index (χ1) is 15.4. The van der Waals surface area contributed by atoms with E-state index in [4.69, 9.17) is 0 Å². The standard InChI is InChI=1S/C28H48N2S/c1-2-3-4-5-6-7-8-9-10-11-12-13-14-15-16-17-20-24-31-25-23-28-29-26-21-18-19-22-27(26)30-28/h18-19,21-22H,2-17,20,23-25H2,1H3,(H,29,30). The Morgan fingerprint density at radius 2 is 1.16 bits per heavy atom. The van der Waals surface area contributed by atoms with Crippen LogP contribution < -0.4 is 0 Å². The Kier molecular flexibility index (Phi) is 15.8. The van der Waals surface area contributed by atoms with Crippen LogP contribution >= 0.6 is 11.8 Å². The van der Waals surface area contributed by atoms with Gasteiger partial charge in [-0.05, 0) is 24.3 Å². The zero-order valence-electron chi connectivity index (χ0n) is 20.3. The summed E-state index contributed by atoms with van der Waals surface area (Å²) in [5, 5.41) is 0. The molecule has 0 amide bonds. The van der Waals surface area contributed by atoms with Gasteiger partial charge < -0.3 is 4.98 Å². The second-order valence-electron chi connectivity index (χ2n) is 9.22. The third-order valence-corrected chi connectivity index (χ3v) is 7.38. The van der Waals surface area contributed by atoms with Gasteiger partial charge in [-0.25, -0.2) is 4.98 Å². The number of nitrogens with zero attached hydrogens (tertiary/aromatic N) is 1. The number of nitrogens with one attached hydrogen (secondary N) is 1. The summed E-state index contributed by atoms with van der Waals surface area (Å²) in [6.07, 6.45) is 25.7. The first-order valence-corrected chi connectivity index (χ1v) is 14.6. The fourth-order valence-corrected chi connectivity index (χ4v) is 5.27. The van der Waals surface area contributed by atoms with E-state index in [9.17, 15) is 0 Å². The van der Waals surface area contributed by atoms with Gasteiger partial charge in [0.2, 0.25) is 0 Å². The van der Waals surface area contributed by atoms with Crippen molar-refractivity contribution in [3.8, 4) is 0 Å². The van der Waals surface area contributed by atoms with Crippen molar-refractivity contribution >= 4 is 22.8 Å².